The van der Waals surface area contributed by atoms with E-state index in [1.165, 1.54) is 12.8 Å². The summed E-state index contributed by atoms with van der Waals surface area (Å²) in [6.45, 7) is 5.94. The Balaban J connectivity index is 2.24. The van der Waals surface area contributed by atoms with E-state index in [1.807, 2.05) is 11.9 Å². The van der Waals surface area contributed by atoms with E-state index in [4.69, 9.17) is 0 Å². The van der Waals surface area contributed by atoms with E-state index < -0.39 is 0 Å². The van der Waals surface area contributed by atoms with Crippen LogP contribution in [0.2, 0.25) is 0 Å². The second kappa shape index (κ2) is 5.92. The molecule has 0 aromatic rings. The first-order valence-corrected chi connectivity index (χ1v) is 6.54. The maximum atomic E-state index is 11.2. The third-order valence-corrected chi connectivity index (χ3v) is 4.25. The van der Waals surface area contributed by atoms with Gasteiger partial charge >= 0.3 is 0 Å². The molecule has 1 saturated carbocycles. The smallest absolute Gasteiger partial charge is 0.219 e. The van der Waals surface area contributed by atoms with Crippen molar-refractivity contribution in [2.45, 2.75) is 64.6 Å². The summed E-state index contributed by atoms with van der Waals surface area (Å²) < 4.78 is 2.18. The van der Waals surface area contributed by atoms with Crippen molar-refractivity contribution in [1.82, 2.24) is 9.21 Å². The predicted octanol–water partition coefficient (Wildman–Crippen LogP) is 2.33. The lowest BCUT2D eigenvalue weighted by Gasteiger charge is -2.27. The highest BCUT2D eigenvalue weighted by Gasteiger charge is 2.30. The van der Waals surface area contributed by atoms with Crippen LogP contribution in [0.4, 0.5) is 0 Å². The molecule has 0 spiro atoms. The molecule has 16 heavy (non-hydrogen) atoms. The number of nitrogens with zero attached hydrogens (tertiary/aromatic N) is 2. The Kier molecular flexibility index (Phi) is 5.12. The number of thiol groups is 1. The van der Waals surface area contributed by atoms with Crippen molar-refractivity contribution < 1.29 is 4.79 Å². The van der Waals surface area contributed by atoms with Gasteiger partial charge in [0.05, 0.1) is 0 Å². The maximum absolute atomic E-state index is 11.2. The zero-order chi connectivity index (χ0) is 12.3. The first kappa shape index (κ1) is 13.8. The van der Waals surface area contributed by atoms with Crippen molar-refractivity contribution in [1.29, 1.82) is 0 Å². The van der Waals surface area contributed by atoms with Crippen LogP contribution in [0.1, 0.15) is 46.5 Å². The van der Waals surface area contributed by atoms with Gasteiger partial charge in [0.1, 0.15) is 0 Å². The SMILES string of the molecule is CC(=O)N(C)C(C)CCC(C)N(S)C1CC1. The highest BCUT2D eigenvalue weighted by atomic mass is 32.1. The summed E-state index contributed by atoms with van der Waals surface area (Å²) in [7, 11) is 1.87. The molecule has 2 atom stereocenters. The van der Waals surface area contributed by atoms with Gasteiger partial charge in [-0.2, -0.15) is 0 Å². The minimum absolute atomic E-state index is 0.144. The molecule has 0 saturated heterocycles. The lowest BCUT2D eigenvalue weighted by molar-refractivity contribution is -0.129. The largest absolute Gasteiger partial charge is 0.343 e. The van der Waals surface area contributed by atoms with Gasteiger partial charge in [-0.15, -0.1) is 0 Å². The molecule has 1 fully saturated rings. The lowest BCUT2D eigenvalue weighted by Crippen LogP contribution is -2.35. The molecule has 0 bridgehead atoms. The quantitative estimate of drug-likeness (QED) is 0.725. The Morgan fingerprint density at radius 1 is 1.31 bits per heavy atom. The fraction of sp³-hybridized carbons (Fsp3) is 0.917. The normalized spacial score (nSPS) is 19.6. The van der Waals surface area contributed by atoms with Gasteiger partial charge in [0, 0.05) is 32.1 Å². The molecule has 1 rings (SSSR count). The standard InChI is InChI=1S/C12H24N2OS/c1-9(13(4)11(3)15)5-6-10(2)14(16)12-7-8-12/h9-10,12,16H,5-8H2,1-4H3. The molecule has 3 nitrogen and oxygen atoms in total. The zero-order valence-corrected chi connectivity index (χ0v) is 11.7. The van der Waals surface area contributed by atoms with Crippen LogP contribution < -0.4 is 0 Å². The molecule has 0 aromatic heterocycles. The van der Waals surface area contributed by atoms with Gasteiger partial charge in [-0.05, 0) is 39.5 Å². The molecular weight excluding hydrogens is 220 g/mol. The van der Waals surface area contributed by atoms with Crippen molar-refractivity contribution in [2.75, 3.05) is 7.05 Å². The number of carbonyl (C=O) groups is 1. The summed E-state index contributed by atoms with van der Waals surface area (Å²) in [6, 6.07) is 1.51. The van der Waals surface area contributed by atoms with Gasteiger partial charge in [-0.3, -0.25) is 4.79 Å². The second-order valence-electron chi connectivity index (χ2n) is 5.02. The van der Waals surface area contributed by atoms with E-state index in [9.17, 15) is 4.79 Å². The summed E-state index contributed by atoms with van der Waals surface area (Å²) in [5.74, 6) is 0.144. The Bertz CT molecular complexity index is 243. The number of hydrogen-bond acceptors (Lipinski definition) is 3. The highest BCUT2D eigenvalue weighted by molar-refractivity contribution is 7.77. The minimum Gasteiger partial charge on any atom is -0.343 e. The molecule has 94 valence electrons. The first-order chi connectivity index (χ1) is 7.43. The molecule has 1 amide bonds. The Morgan fingerprint density at radius 2 is 1.81 bits per heavy atom. The molecule has 0 radical (unpaired) electrons. The molecule has 1 aliphatic rings. The van der Waals surface area contributed by atoms with Crippen molar-refractivity contribution >= 4 is 18.7 Å². The minimum atomic E-state index is 0.144. The highest BCUT2D eigenvalue weighted by Crippen LogP contribution is 2.31. The average Bonchev–Trinajstić information content (AvgIpc) is 3.06. The summed E-state index contributed by atoms with van der Waals surface area (Å²) in [4.78, 5) is 13.0. The fourth-order valence-electron chi connectivity index (χ4n) is 1.82. The van der Waals surface area contributed by atoms with Crippen molar-refractivity contribution in [3.8, 4) is 0 Å². The van der Waals surface area contributed by atoms with E-state index in [-0.39, 0.29) is 5.91 Å². The van der Waals surface area contributed by atoms with Gasteiger partial charge in [0.2, 0.25) is 5.91 Å². The van der Waals surface area contributed by atoms with Crippen molar-refractivity contribution in [3.63, 3.8) is 0 Å². The van der Waals surface area contributed by atoms with E-state index in [2.05, 4.69) is 31.0 Å². The fourth-order valence-corrected chi connectivity index (χ4v) is 2.16. The molecule has 0 N–H and O–H groups in total. The third kappa shape index (κ3) is 3.98. The average molecular weight is 244 g/mol. The summed E-state index contributed by atoms with van der Waals surface area (Å²) in [6.07, 6.45) is 4.72. The van der Waals surface area contributed by atoms with E-state index in [1.54, 1.807) is 6.92 Å². The Labute approximate surface area is 105 Å². The van der Waals surface area contributed by atoms with Gasteiger partial charge in [-0.1, -0.05) is 12.8 Å². The Morgan fingerprint density at radius 3 is 2.25 bits per heavy atom. The second-order valence-corrected chi connectivity index (χ2v) is 5.48. The predicted molar refractivity (Wildman–Crippen MR) is 70.4 cm³/mol. The van der Waals surface area contributed by atoms with E-state index in [0.29, 0.717) is 18.1 Å². The van der Waals surface area contributed by atoms with Crippen LogP contribution in [-0.2, 0) is 4.79 Å². The van der Waals surface area contributed by atoms with Crippen LogP contribution in [0.25, 0.3) is 0 Å². The van der Waals surface area contributed by atoms with Crippen LogP contribution in [0.3, 0.4) is 0 Å². The van der Waals surface area contributed by atoms with Gasteiger partial charge in [0.15, 0.2) is 0 Å². The summed E-state index contributed by atoms with van der Waals surface area (Å²) in [5, 5.41) is 0. The summed E-state index contributed by atoms with van der Waals surface area (Å²) >= 11 is 4.53. The lowest BCUT2D eigenvalue weighted by atomic mass is 10.1. The first-order valence-electron chi connectivity index (χ1n) is 6.14. The Hall–Kier alpha value is -0.220. The molecule has 4 heteroatoms. The number of hydrogen-bond donors (Lipinski definition) is 1. The van der Waals surface area contributed by atoms with Crippen LogP contribution >= 0.6 is 12.8 Å². The monoisotopic (exact) mass is 244 g/mol. The molecule has 2 unspecified atom stereocenters. The van der Waals surface area contributed by atoms with Crippen LogP contribution in [0.5, 0.6) is 0 Å². The molecule has 0 heterocycles. The molecule has 0 aromatic carbocycles. The molecule has 1 aliphatic carbocycles. The van der Waals surface area contributed by atoms with Gasteiger partial charge in [0.25, 0.3) is 0 Å². The van der Waals surface area contributed by atoms with Crippen molar-refractivity contribution in [2.24, 2.45) is 0 Å². The van der Waals surface area contributed by atoms with Gasteiger partial charge in [-0.25, -0.2) is 4.31 Å². The maximum Gasteiger partial charge on any atom is 0.219 e. The van der Waals surface area contributed by atoms with Crippen LogP contribution in [-0.4, -0.2) is 40.3 Å². The number of carbonyl (C=O) groups excluding carboxylic acids is 1. The summed E-state index contributed by atoms with van der Waals surface area (Å²) in [5.41, 5.74) is 0. The van der Waals surface area contributed by atoms with Crippen molar-refractivity contribution in [3.05, 3.63) is 0 Å². The van der Waals surface area contributed by atoms with Gasteiger partial charge < -0.3 is 4.90 Å². The number of rotatable bonds is 6. The van der Waals surface area contributed by atoms with Crippen LogP contribution in [0.15, 0.2) is 0 Å². The van der Waals surface area contributed by atoms with E-state index in [0.717, 1.165) is 12.8 Å². The van der Waals surface area contributed by atoms with Crippen LogP contribution in [0, 0.1) is 0 Å². The topological polar surface area (TPSA) is 23.6 Å². The zero-order valence-electron chi connectivity index (χ0n) is 10.8. The molecule has 0 aliphatic heterocycles. The molecular formula is C12H24N2OS. The van der Waals surface area contributed by atoms with E-state index >= 15 is 0 Å². The number of amides is 1. The third-order valence-electron chi connectivity index (χ3n) is 3.53.